The first-order chi connectivity index (χ1) is 14.3. The van der Waals surface area contributed by atoms with Crippen molar-refractivity contribution in [2.45, 2.75) is 122 Å². The number of unbranched alkanes of at least 4 members (excludes halogenated alkanes) is 3. The second-order valence-corrected chi connectivity index (χ2v) is 11.0. The normalized spacial score (nSPS) is 31.9. The van der Waals surface area contributed by atoms with Gasteiger partial charge in [-0.25, -0.2) is 0 Å². The fraction of sp³-hybridized carbons (Fsp3) is 0.793. The summed E-state index contributed by atoms with van der Waals surface area (Å²) in [5.41, 5.74) is 5.09. The van der Waals surface area contributed by atoms with E-state index in [2.05, 4.69) is 32.0 Å². The van der Waals surface area contributed by atoms with Crippen molar-refractivity contribution in [2.75, 3.05) is 0 Å². The van der Waals surface area contributed by atoms with Crippen molar-refractivity contribution >= 4 is 0 Å². The molecule has 1 aromatic carbocycles. The molecule has 0 bridgehead atoms. The Hall–Kier alpha value is -0.780. The zero-order valence-electron chi connectivity index (χ0n) is 19.4. The zero-order chi connectivity index (χ0) is 20.1. The van der Waals surface area contributed by atoms with Crippen molar-refractivity contribution in [2.24, 2.45) is 23.7 Å². The van der Waals surface area contributed by atoms with Gasteiger partial charge in [0.05, 0.1) is 0 Å². The van der Waals surface area contributed by atoms with E-state index in [0.717, 1.165) is 29.6 Å². The van der Waals surface area contributed by atoms with Crippen LogP contribution in [0.15, 0.2) is 18.2 Å². The third-order valence-electron chi connectivity index (χ3n) is 8.94. The lowest BCUT2D eigenvalue weighted by Gasteiger charge is -2.42. The van der Waals surface area contributed by atoms with Gasteiger partial charge in [0.25, 0.3) is 0 Å². The summed E-state index contributed by atoms with van der Waals surface area (Å²) in [5, 5.41) is 0. The molecule has 29 heavy (non-hydrogen) atoms. The SMILES string of the molecule is CCCCCC1CCc2cc(C3CCC4CC(CCCC)CCC4C3)ccc2C1. The van der Waals surface area contributed by atoms with Crippen LogP contribution in [0.3, 0.4) is 0 Å². The summed E-state index contributed by atoms with van der Waals surface area (Å²) in [6, 6.07) is 7.71. The Kier molecular flexibility index (Phi) is 7.77. The lowest BCUT2D eigenvalue weighted by molar-refractivity contribution is 0.113. The van der Waals surface area contributed by atoms with Crippen LogP contribution in [0.5, 0.6) is 0 Å². The summed E-state index contributed by atoms with van der Waals surface area (Å²) in [6.45, 7) is 4.67. The molecule has 0 heteroatoms. The predicted molar refractivity (Wildman–Crippen MR) is 127 cm³/mol. The van der Waals surface area contributed by atoms with Gasteiger partial charge in [0.2, 0.25) is 0 Å². The van der Waals surface area contributed by atoms with Crippen LogP contribution in [0.1, 0.15) is 126 Å². The van der Waals surface area contributed by atoms with E-state index in [9.17, 15) is 0 Å². The van der Waals surface area contributed by atoms with E-state index in [0.29, 0.717) is 0 Å². The molecule has 2 fully saturated rings. The number of rotatable bonds is 8. The molecule has 3 aliphatic carbocycles. The first-order valence-electron chi connectivity index (χ1n) is 13.4. The van der Waals surface area contributed by atoms with Crippen molar-refractivity contribution < 1.29 is 0 Å². The van der Waals surface area contributed by atoms with Crippen molar-refractivity contribution in [1.82, 2.24) is 0 Å². The molecule has 3 aliphatic rings. The molecule has 0 spiro atoms. The molecule has 5 atom stereocenters. The van der Waals surface area contributed by atoms with Gasteiger partial charge in [-0.1, -0.05) is 83.4 Å². The molecule has 0 heterocycles. The number of hydrogen-bond acceptors (Lipinski definition) is 0. The molecular formula is C29H46. The minimum atomic E-state index is 0.857. The van der Waals surface area contributed by atoms with E-state index in [1.54, 1.807) is 23.1 Å². The van der Waals surface area contributed by atoms with Crippen LogP contribution in [-0.4, -0.2) is 0 Å². The van der Waals surface area contributed by atoms with Crippen molar-refractivity contribution in [3.8, 4) is 0 Å². The Morgan fingerprint density at radius 1 is 0.724 bits per heavy atom. The minimum absolute atomic E-state index is 0.857. The van der Waals surface area contributed by atoms with E-state index < -0.39 is 0 Å². The van der Waals surface area contributed by atoms with Crippen LogP contribution < -0.4 is 0 Å². The Morgan fingerprint density at radius 3 is 2.38 bits per heavy atom. The van der Waals surface area contributed by atoms with Crippen LogP contribution >= 0.6 is 0 Å². The van der Waals surface area contributed by atoms with Crippen LogP contribution in [0.4, 0.5) is 0 Å². The molecule has 0 amide bonds. The molecule has 4 rings (SSSR count). The summed E-state index contributed by atoms with van der Waals surface area (Å²) in [7, 11) is 0. The zero-order valence-corrected chi connectivity index (χ0v) is 19.4. The standard InChI is InChI=1S/C29H46/c1-3-5-7-9-23-11-13-27-21-29(17-15-25(27)19-23)28-16-14-24-18-22(8-6-4-2)10-12-26(24)20-28/h15,17,21-24,26,28H,3-14,16,18-20H2,1-2H3. The average molecular weight is 395 g/mol. The summed E-state index contributed by atoms with van der Waals surface area (Å²) < 4.78 is 0. The lowest BCUT2D eigenvalue weighted by Crippen LogP contribution is -2.30. The third kappa shape index (κ3) is 5.48. The second kappa shape index (κ2) is 10.5. The van der Waals surface area contributed by atoms with Crippen LogP contribution in [0.25, 0.3) is 0 Å². The highest BCUT2D eigenvalue weighted by atomic mass is 14.4. The second-order valence-electron chi connectivity index (χ2n) is 11.0. The molecule has 0 aliphatic heterocycles. The van der Waals surface area contributed by atoms with Crippen molar-refractivity contribution in [3.05, 3.63) is 34.9 Å². The van der Waals surface area contributed by atoms with Gasteiger partial charge in [0.15, 0.2) is 0 Å². The molecule has 5 unspecified atom stereocenters. The van der Waals surface area contributed by atoms with Gasteiger partial charge in [-0.2, -0.15) is 0 Å². The van der Waals surface area contributed by atoms with E-state index >= 15 is 0 Å². The monoisotopic (exact) mass is 394 g/mol. The maximum Gasteiger partial charge on any atom is -0.0159 e. The Morgan fingerprint density at radius 2 is 1.52 bits per heavy atom. The average Bonchev–Trinajstić information content (AvgIpc) is 2.77. The number of hydrogen-bond donors (Lipinski definition) is 0. The minimum Gasteiger partial charge on any atom is -0.0654 e. The smallest absolute Gasteiger partial charge is 0.0159 e. The Bertz CT molecular complexity index is 629. The molecule has 0 aromatic heterocycles. The van der Waals surface area contributed by atoms with E-state index in [4.69, 9.17) is 0 Å². The lowest BCUT2D eigenvalue weighted by atomic mass is 9.63. The van der Waals surface area contributed by atoms with Gasteiger partial charge in [0, 0.05) is 0 Å². The maximum atomic E-state index is 2.65. The largest absolute Gasteiger partial charge is 0.0654 e. The summed E-state index contributed by atoms with van der Waals surface area (Å²) in [4.78, 5) is 0. The van der Waals surface area contributed by atoms with Crippen molar-refractivity contribution in [1.29, 1.82) is 0 Å². The van der Waals surface area contributed by atoms with Gasteiger partial charge < -0.3 is 0 Å². The van der Waals surface area contributed by atoms with Crippen LogP contribution in [-0.2, 0) is 12.8 Å². The van der Waals surface area contributed by atoms with E-state index in [1.165, 1.54) is 96.3 Å². The molecule has 0 N–H and O–H groups in total. The summed E-state index contributed by atoms with van der Waals surface area (Å²) >= 11 is 0. The molecule has 162 valence electrons. The van der Waals surface area contributed by atoms with Gasteiger partial charge in [0.1, 0.15) is 0 Å². The quantitative estimate of drug-likeness (QED) is 0.386. The number of benzene rings is 1. The van der Waals surface area contributed by atoms with Gasteiger partial charge >= 0.3 is 0 Å². The summed E-state index contributed by atoms with van der Waals surface area (Å²) in [6.07, 6.45) is 23.2. The van der Waals surface area contributed by atoms with E-state index in [-0.39, 0.29) is 0 Å². The molecule has 1 aromatic rings. The number of aryl methyl sites for hydroxylation is 1. The van der Waals surface area contributed by atoms with Gasteiger partial charge in [-0.3, -0.25) is 0 Å². The molecule has 0 saturated heterocycles. The van der Waals surface area contributed by atoms with Crippen molar-refractivity contribution in [3.63, 3.8) is 0 Å². The maximum absolute atomic E-state index is 2.65. The number of fused-ring (bicyclic) bond motifs is 2. The topological polar surface area (TPSA) is 0 Å². The Balaban J connectivity index is 1.32. The third-order valence-corrected chi connectivity index (χ3v) is 8.94. The highest BCUT2D eigenvalue weighted by Gasteiger charge is 2.36. The highest BCUT2D eigenvalue weighted by molar-refractivity contribution is 5.36. The molecule has 0 nitrogen and oxygen atoms in total. The predicted octanol–water partition coefficient (Wildman–Crippen LogP) is 8.86. The first-order valence-corrected chi connectivity index (χ1v) is 13.4. The van der Waals surface area contributed by atoms with Crippen LogP contribution in [0, 0.1) is 23.7 Å². The van der Waals surface area contributed by atoms with Gasteiger partial charge in [-0.05, 0) is 97.6 Å². The first kappa shape index (κ1) is 21.5. The van der Waals surface area contributed by atoms with Crippen LogP contribution in [0.2, 0.25) is 0 Å². The Labute approximate surface area is 181 Å². The highest BCUT2D eigenvalue weighted by Crippen LogP contribution is 2.48. The molecule has 2 saturated carbocycles. The van der Waals surface area contributed by atoms with Gasteiger partial charge in [-0.15, -0.1) is 0 Å². The fourth-order valence-corrected chi connectivity index (χ4v) is 7.08. The molecular weight excluding hydrogens is 348 g/mol. The van der Waals surface area contributed by atoms with E-state index in [1.807, 2.05) is 0 Å². The fourth-order valence-electron chi connectivity index (χ4n) is 7.08. The molecule has 0 radical (unpaired) electrons. The summed E-state index contributed by atoms with van der Waals surface area (Å²) in [5.74, 6) is 4.96.